The fraction of sp³-hybridized carbons (Fsp3) is 0.333. The molecule has 3 aromatic rings. The molecule has 0 aliphatic carbocycles. The van der Waals surface area contributed by atoms with Crippen LogP contribution in [0.5, 0.6) is 0 Å². The number of fused-ring (bicyclic) bond motifs is 1. The summed E-state index contributed by atoms with van der Waals surface area (Å²) in [6.07, 6.45) is 2.07. The summed E-state index contributed by atoms with van der Waals surface area (Å²) in [4.78, 5) is 28.1. The summed E-state index contributed by atoms with van der Waals surface area (Å²) >= 11 is 3.52. The lowest BCUT2D eigenvalue weighted by Gasteiger charge is -2.12. The lowest BCUT2D eigenvalue weighted by Crippen LogP contribution is -2.28. The number of nitrogens with one attached hydrogen (secondary N) is 3. The zero-order valence-corrected chi connectivity index (χ0v) is 18.3. The monoisotopic (exact) mass is 444 g/mol. The third kappa shape index (κ3) is 3.71. The van der Waals surface area contributed by atoms with Crippen LogP contribution in [-0.4, -0.2) is 22.5 Å². The molecule has 6 nitrogen and oxygen atoms in total. The molecule has 1 aromatic carbocycles. The van der Waals surface area contributed by atoms with Crippen LogP contribution in [0.4, 0.5) is 5.82 Å². The molecular formula is C21H25BrN4O2. The van der Waals surface area contributed by atoms with Crippen molar-refractivity contribution >= 4 is 38.6 Å². The van der Waals surface area contributed by atoms with E-state index >= 15 is 0 Å². The van der Waals surface area contributed by atoms with Crippen LogP contribution in [0.15, 0.2) is 33.7 Å². The van der Waals surface area contributed by atoms with Crippen molar-refractivity contribution in [1.82, 2.24) is 14.9 Å². The molecule has 0 aliphatic heterocycles. The number of carbonyl (C=O) groups excluding carboxylic acids is 1. The number of H-pyrrole nitrogens is 1. The third-order valence-corrected chi connectivity index (χ3v) is 5.40. The number of nitrogens with zero attached hydrogens (tertiary/aromatic N) is 1. The van der Waals surface area contributed by atoms with Gasteiger partial charge in [-0.05, 0) is 57.0 Å². The molecule has 0 saturated heterocycles. The number of aromatic amines is 1. The standard InChI is InChI=1S/C21H25BrN4O2/c1-11(2)26-10-13(4)19-15(7-14(22)8-17(19)26)20(27)24-9-16-12(3)6-18(23-5)25-21(16)28/h6-8,10-11H,9H2,1-5H3,(H,24,27)(H2,23,25,28). The fourth-order valence-electron chi connectivity index (χ4n) is 3.49. The molecule has 28 heavy (non-hydrogen) atoms. The Morgan fingerprint density at radius 1 is 1.21 bits per heavy atom. The second-order valence-electron chi connectivity index (χ2n) is 7.27. The third-order valence-electron chi connectivity index (χ3n) is 4.94. The summed E-state index contributed by atoms with van der Waals surface area (Å²) in [5, 5.41) is 6.77. The highest BCUT2D eigenvalue weighted by molar-refractivity contribution is 9.10. The molecular weight excluding hydrogens is 420 g/mol. The van der Waals surface area contributed by atoms with E-state index < -0.39 is 0 Å². The molecule has 0 aliphatic rings. The Morgan fingerprint density at radius 3 is 2.54 bits per heavy atom. The van der Waals surface area contributed by atoms with E-state index in [1.165, 1.54) is 0 Å². The second kappa shape index (κ2) is 7.83. The molecule has 0 saturated carbocycles. The number of aromatic nitrogens is 2. The molecule has 0 spiro atoms. The van der Waals surface area contributed by atoms with Crippen molar-refractivity contribution in [1.29, 1.82) is 0 Å². The van der Waals surface area contributed by atoms with Gasteiger partial charge in [0, 0.05) is 41.3 Å². The first kappa shape index (κ1) is 20.2. The van der Waals surface area contributed by atoms with Crippen molar-refractivity contribution in [2.24, 2.45) is 0 Å². The fourth-order valence-corrected chi connectivity index (χ4v) is 3.94. The highest BCUT2D eigenvalue weighted by Crippen LogP contribution is 2.30. The van der Waals surface area contributed by atoms with E-state index in [1.807, 2.05) is 32.0 Å². The highest BCUT2D eigenvalue weighted by atomic mass is 79.9. The average Bonchev–Trinajstić information content (AvgIpc) is 2.96. The average molecular weight is 445 g/mol. The number of benzene rings is 1. The van der Waals surface area contributed by atoms with Gasteiger partial charge < -0.3 is 20.2 Å². The minimum Gasteiger partial charge on any atom is -0.375 e. The van der Waals surface area contributed by atoms with E-state index in [2.05, 4.69) is 56.2 Å². The van der Waals surface area contributed by atoms with E-state index in [-0.39, 0.29) is 24.1 Å². The van der Waals surface area contributed by atoms with Crippen LogP contribution in [0.3, 0.4) is 0 Å². The molecule has 2 heterocycles. The first-order valence-electron chi connectivity index (χ1n) is 9.22. The molecule has 7 heteroatoms. The van der Waals surface area contributed by atoms with Gasteiger partial charge in [0.1, 0.15) is 5.82 Å². The molecule has 3 rings (SSSR count). The molecule has 0 fully saturated rings. The predicted molar refractivity (Wildman–Crippen MR) is 117 cm³/mol. The van der Waals surface area contributed by atoms with Crippen molar-refractivity contribution in [2.45, 2.75) is 40.3 Å². The lowest BCUT2D eigenvalue weighted by atomic mass is 10.1. The number of hydrogen-bond donors (Lipinski definition) is 3. The van der Waals surface area contributed by atoms with Gasteiger partial charge in [-0.1, -0.05) is 15.9 Å². The Bertz CT molecular complexity index is 1110. The van der Waals surface area contributed by atoms with Gasteiger partial charge in [0.05, 0.1) is 11.1 Å². The van der Waals surface area contributed by atoms with Gasteiger partial charge in [-0.25, -0.2) is 0 Å². The molecule has 0 unspecified atom stereocenters. The number of halogens is 1. The summed E-state index contributed by atoms with van der Waals surface area (Å²) in [5.74, 6) is 0.448. The first-order chi connectivity index (χ1) is 13.2. The zero-order chi connectivity index (χ0) is 20.6. The first-order valence-corrected chi connectivity index (χ1v) is 10.0. The number of pyridine rings is 1. The normalized spacial score (nSPS) is 11.2. The smallest absolute Gasteiger partial charge is 0.254 e. The lowest BCUT2D eigenvalue weighted by molar-refractivity contribution is 0.0952. The Balaban J connectivity index is 1.96. The molecule has 0 atom stereocenters. The van der Waals surface area contributed by atoms with Crippen LogP contribution in [0.1, 0.15) is 46.9 Å². The maximum absolute atomic E-state index is 13.0. The maximum Gasteiger partial charge on any atom is 0.254 e. The van der Waals surface area contributed by atoms with Crippen LogP contribution in [0.2, 0.25) is 0 Å². The van der Waals surface area contributed by atoms with E-state index in [0.29, 0.717) is 16.9 Å². The summed E-state index contributed by atoms with van der Waals surface area (Å²) in [6.45, 7) is 8.27. The van der Waals surface area contributed by atoms with Gasteiger partial charge in [-0.2, -0.15) is 0 Å². The van der Waals surface area contributed by atoms with Gasteiger partial charge in [-0.15, -0.1) is 0 Å². The van der Waals surface area contributed by atoms with Crippen molar-refractivity contribution in [3.63, 3.8) is 0 Å². The molecule has 0 radical (unpaired) electrons. The molecule has 1 amide bonds. The number of hydrogen-bond acceptors (Lipinski definition) is 3. The Morgan fingerprint density at radius 2 is 1.93 bits per heavy atom. The van der Waals surface area contributed by atoms with Crippen molar-refractivity contribution in [2.75, 3.05) is 12.4 Å². The highest BCUT2D eigenvalue weighted by Gasteiger charge is 2.18. The van der Waals surface area contributed by atoms with E-state index in [4.69, 9.17) is 0 Å². The SMILES string of the molecule is CNc1cc(C)c(CNC(=O)c2cc(Br)cc3c2c(C)cn3C(C)C)c(=O)[nH]1. The van der Waals surface area contributed by atoms with Gasteiger partial charge in [0.2, 0.25) is 0 Å². The van der Waals surface area contributed by atoms with Gasteiger partial charge >= 0.3 is 0 Å². The van der Waals surface area contributed by atoms with Crippen LogP contribution >= 0.6 is 15.9 Å². The second-order valence-corrected chi connectivity index (χ2v) is 8.18. The topological polar surface area (TPSA) is 78.9 Å². The van der Waals surface area contributed by atoms with Crippen LogP contribution in [0, 0.1) is 13.8 Å². The number of aryl methyl sites for hydroxylation is 2. The van der Waals surface area contributed by atoms with E-state index in [9.17, 15) is 9.59 Å². The van der Waals surface area contributed by atoms with Crippen molar-refractivity contribution < 1.29 is 4.79 Å². The van der Waals surface area contributed by atoms with Crippen LogP contribution in [-0.2, 0) is 6.54 Å². The predicted octanol–water partition coefficient (Wildman–Crippen LogP) is 4.26. The van der Waals surface area contributed by atoms with Gasteiger partial charge in [0.25, 0.3) is 11.5 Å². The minimum atomic E-state index is -0.203. The number of rotatable bonds is 5. The summed E-state index contributed by atoms with van der Waals surface area (Å²) in [7, 11) is 1.75. The number of anilines is 1. The van der Waals surface area contributed by atoms with Crippen molar-refractivity contribution in [3.05, 3.63) is 61.5 Å². The van der Waals surface area contributed by atoms with Crippen molar-refractivity contribution in [3.8, 4) is 0 Å². The van der Waals surface area contributed by atoms with E-state index in [0.717, 1.165) is 26.5 Å². The number of amides is 1. The Kier molecular flexibility index (Phi) is 5.65. The van der Waals surface area contributed by atoms with Gasteiger partial charge in [-0.3, -0.25) is 9.59 Å². The molecule has 148 valence electrons. The summed E-state index contributed by atoms with van der Waals surface area (Å²) in [5.41, 5.74) is 3.84. The largest absolute Gasteiger partial charge is 0.375 e. The van der Waals surface area contributed by atoms with Gasteiger partial charge in [0.15, 0.2) is 0 Å². The molecule has 2 aromatic heterocycles. The zero-order valence-electron chi connectivity index (χ0n) is 16.7. The molecule has 3 N–H and O–H groups in total. The quantitative estimate of drug-likeness (QED) is 0.549. The summed E-state index contributed by atoms with van der Waals surface area (Å²) in [6, 6.07) is 6.00. The molecule has 0 bridgehead atoms. The Labute approximate surface area is 172 Å². The minimum absolute atomic E-state index is 0.169. The van der Waals surface area contributed by atoms with Crippen LogP contribution in [0.25, 0.3) is 10.9 Å². The Hall–Kier alpha value is -2.54. The maximum atomic E-state index is 13.0. The number of carbonyl (C=O) groups is 1. The summed E-state index contributed by atoms with van der Waals surface area (Å²) < 4.78 is 3.01. The van der Waals surface area contributed by atoms with E-state index in [1.54, 1.807) is 7.05 Å². The van der Waals surface area contributed by atoms with Crippen LogP contribution < -0.4 is 16.2 Å².